The first-order chi connectivity index (χ1) is 17.4. The van der Waals surface area contributed by atoms with Crippen LogP contribution in [0, 0.1) is 11.8 Å². The molecule has 2 aliphatic rings. The third-order valence-electron chi connectivity index (χ3n) is 7.10. The van der Waals surface area contributed by atoms with Crippen molar-refractivity contribution in [1.29, 1.82) is 0 Å². The Hall–Kier alpha value is -3.21. The van der Waals surface area contributed by atoms with Crippen molar-refractivity contribution in [2.45, 2.75) is 65.1 Å². The van der Waals surface area contributed by atoms with E-state index in [2.05, 4.69) is 93.8 Å². The Bertz CT molecular complexity index is 1220. The molecule has 2 nitrogen and oxygen atoms in total. The highest BCUT2D eigenvalue weighted by Gasteiger charge is 2.30. The number of rotatable bonds is 6. The zero-order valence-corrected chi connectivity index (χ0v) is 22.3. The van der Waals surface area contributed by atoms with Crippen LogP contribution >= 0.6 is 0 Å². The van der Waals surface area contributed by atoms with Crippen molar-refractivity contribution in [3.05, 3.63) is 101 Å². The van der Waals surface area contributed by atoms with Gasteiger partial charge in [0.15, 0.2) is 0 Å². The summed E-state index contributed by atoms with van der Waals surface area (Å²) in [4.78, 5) is 0. The van der Waals surface area contributed by atoms with Crippen LogP contribution in [0.3, 0.4) is 0 Å². The highest BCUT2D eigenvalue weighted by atomic mass is 19.4. The summed E-state index contributed by atoms with van der Waals surface area (Å²) in [5.41, 5.74) is 4.98. The topological polar surface area (TPSA) is 24.1 Å². The molecule has 0 saturated carbocycles. The lowest BCUT2D eigenvalue weighted by Gasteiger charge is -2.25. The van der Waals surface area contributed by atoms with Gasteiger partial charge < -0.3 is 10.6 Å². The van der Waals surface area contributed by atoms with Gasteiger partial charge in [0.1, 0.15) is 0 Å². The summed E-state index contributed by atoms with van der Waals surface area (Å²) in [6.07, 6.45) is 10.7. The number of hydrogen-bond donors (Lipinski definition) is 2. The second-order valence-corrected chi connectivity index (χ2v) is 11.4. The predicted octanol–water partition coefficient (Wildman–Crippen LogP) is 9.00. The van der Waals surface area contributed by atoms with Crippen molar-refractivity contribution in [1.82, 2.24) is 5.32 Å². The smallest absolute Gasteiger partial charge is 0.379 e. The van der Waals surface area contributed by atoms with E-state index in [1.165, 1.54) is 0 Å². The highest BCUT2D eigenvalue weighted by Crippen LogP contribution is 2.36. The van der Waals surface area contributed by atoms with Crippen molar-refractivity contribution >= 4 is 5.69 Å². The second-order valence-electron chi connectivity index (χ2n) is 11.4. The number of benzene rings is 2. The molecule has 0 heterocycles. The van der Waals surface area contributed by atoms with Gasteiger partial charge in [-0.15, -0.1) is 0 Å². The van der Waals surface area contributed by atoms with Crippen LogP contribution in [0.25, 0.3) is 11.1 Å². The standard InChI is InChI=1S/C32H37F3N2/c1-21(2)22-11-16-26(17-12-22)36-27-7-6-8-28(20-27)37-30-18-15-25(31(3,4)5)19-29(30)23-9-13-24(14-10-23)32(33,34)35/h6,8-11,13-22,27,36-37H,7,12H2,1-5H3. The van der Waals surface area contributed by atoms with Crippen molar-refractivity contribution in [3.63, 3.8) is 0 Å². The van der Waals surface area contributed by atoms with Gasteiger partial charge in [-0.3, -0.25) is 0 Å². The molecule has 2 aromatic rings. The Balaban J connectivity index is 1.58. The summed E-state index contributed by atoms with van der Waals surface area (Å²) in [5.74, 6) is 1.22. The number of alkyl halides is 3. The minimum absolute atomic E-state index is 0.0893. The molecule has 2 N–H and O–H groups in total. The van der Waals surface area contributed by atoms with Crippen LogP contribution in [-0.4, -0.2) is 6.04 Å². The number of halogens is 3. The maximum Gasteiger partial charge on any atom is 0.416 e. The van der Waals surface area contributed by atoms with Crippen molar-refractivity contribution in [2.75, 3.05) is 5.32 Å². The minimum Gasteiger partial charge on any atom is -0.379 e. The van der Waals surface area contributed by atoms with E-state index in [1.807, 2.05) is 6.07 Å². The number of anilines is 1. The molecule has 0 radical (unpaired) electrons. The molecule has 2 aliphatic carbocycles. The first-order valence-corrected chi connectivity index (χ1v) is 13.0. The largest absolute Gasteiger partial charge is 0.416 e. The molecular weight excluding hydrogens is 469 g/mol. The van der Waals surface area contributed by atoms with Crippen LogP contribution in [0.4, 0.5) is 18.9 Å². The second kappa shape index (κ2) is 10.6. The Kier molecular flexibility index (Phi) is 7.72. The monoisotopic (exact) mass is 506 g/mol. The van der Waals surface area contributed by atoms with Gasteiger partial charge in [-0.2, -0.15) is 13.2 Å². The average Bonchev–Trinajstić information content (AvgIpc) is 2.84. The van der Waals surface area contributed by atoms with Crippen LogP contribution in [0.5, 0.6) is 0 Å². The van der Waals surface area contributed by atoms with Gasteiger partial charge in [-0.25, -0.2) is 0 Å². The van der Waals surface area contributed by atoms with E-state index in [9.17, 15) is 13.2 Å². The predicted molar refractivity (Wildman–Crippen MR) is 148 cm³/mol. The van der Waals surface area contributed by atoms with Gasteiger partial charge in [0.25, 0.3) is 0 Å². The Morgan fingerprint density at radius 2 is 1.57 bits per heavy atom. The fraction of sp³-hybridized carbons (Fsp3) is 0.375. The zero-order chi connectivity index (χ0) is 26.8. The van der Waals surface area contributed by atoms with Gasteiger partial charge in [-0.1, -0.05) is 71.0 Å². The summed E-state index contributed by atoms with van der Waals surface area (Å²) in [5, 5.41) is 7.16. The maximum atomic E-state index is 13.1. The molecule has 0 spiro atoms. The Labute approximate surface area is 219 Å². The molecule has 5 heteroatoms. The van der Waals surface area contributed by atoms with Crippen LogP contribution in [0.15, 0.2) is 90.3 Å². The molecule has 0 amide bonds. The third-order valence-corrected chi connectivity index (χ3v) is 7.10. The number of allylic oxidation sites excluding steroid dienone is 4. The van der Waals surface area contributed by atoms with Crippen LogP contribution in [0.2, 0.25) is 0 Å². The van der Waals surface area contributed by atoms with Gasteiger partial charge in [-0.05, 0) is 83.7 Å². The van der Waals surface area contributed by atoms with Crippen LogP contribution < -0.4 is 10.6 Å². The molecule has 37 heavy (non-hydrogen) atoms. The molecular formula is C32H37F3N2. The van der Waals surface area contributed by atoms with Gasteiger partial charge >= 0.3 is 6.18 Å². The van der Waals surface area contributed by atoms with E-state index in [4.69, 9.17) is 0 Å². The summed E-state index contributed by atoms with van der Waals surface area (Å²) < 4.78 is 39.4. The quantitative estimate of drug-likeness (QED) is 0.408. The van der Waals surface area contributed by atoms with Crippen LogP contribution in [-0.2, 0) is 11.6 Å². The minimum atomic E-state index is -4.36. The fourth-order valence-corrected chi connectivity index (χ4v) is 4.67. The lowest BCUT2D eigenvalue weighted by atomic mass is 9.85. The summed E-state index contributed by atoms with van der Waals surface area (Å²) >= 11 is 0. The van der Waals surface area contributed by atoms with E-state index in [1.54, 1.807) is 12.1 Å². The number of hydrogen-bond acceptors (Lipinski definition) is 2. The van der Waals surface area contributed by atoms with E-state index >= 15 is 0 Å². The van der Waals surface area contributed by atoms with Crippen molar-refractivity contribution in [2.24, 2.45) is 11.8 Å². The summed E-state index contributed by atoms with van der Waals surface area (Å²) in [6.45, 7) is 10.9. The molecule has 0 aromatic heterocycles. The molecule has 0 aliphatic heterocycles. The molecule has 0 bridgehead atoms. The van der Waals surface area contributed by atoms with E-state index in [0.29, 0.717) is 11.8 Å². The SMILES string of the molecule is CC(C)C1C=CC(NC2C=C(Nc3ccc(C(C)(C)C)cc3-c3ccc(C(F)(F)F)cc3)C=CC2)=CC1. The molecule has 2 unspecified atom stereocenters. The molecule has 2 aromatic carbocycles. The molecule has 0 saturated heterocycles. The summed E-state index contributed by atoms with van der Waals surface area (Å²) in [7, 11) is 0. The maximum absolute atomic E-state index is 13.1. The molecule has 4 rings (SSSR count). The highest BCUT2D eigenvalue weighted by molar-refractivity contribution is 5.80. The van der Waals surface area contributed by atoms with E-state index in [0.717, 1.165) is 58.7 Å². The van der Waals surface area contributed by atoms with E-state index in [-0.39, 0.29) is 11.5 Å². The Morgan fingerprint density at radius 1 is 0.865 bits per heavy atom. The van der Waals surface area contributed by atoms with Gasteiger partial charge in [0.2, 0.25) is 0 Å². The zero-order valence-electron chi connectivity index (χ0n) is 22.3. The fourth-order valence-electron chi connectivity index (χ4n) is 4.67. The first kappa shape index (κ1) is 26.8. The molecule has 0 fully saturated rings. The average molecular weight is 507 g/mol. The van der Waals surface area contributed by atoms with Crippen molar-refractivity contribution < 1.29 is 13.2 Å². The Morgan fingerprint density at radius 3 is 2.16 bits per heavy atom. The van der Waals surface area contributed by atoms with Gasteiger partial charge in [0.05, 0.1) is 11.6 Å². The summed E-state index contributed by atoms with van der Waals surface area (Å²) in [6, 6.07) is 11.8. The molecule has 2 atom stereocenters. The molecule has 196 valence electrons. The normalized spacial score (nSPS) is 20.0. The van der Waals surface area contributed by atoms with Gasteiger partial charge in [0, 0.05) is 22.6 Å². The van der Waals surface area contributed by atoms with E-state index < -0.39 is 11.7 Å². The first-order valence-electron chi connectivity index (χ1n) is 13.0. The third kappa shape index (κ3) is 6.76. The lowest BCUT2D eigenvalue weighted by molar-refractivity contribution is -0.137. The lowest BCUT2D eigenvalue weighted by Crippen LogP contribution is -2.28. The number of nitrogens with one attached hydrogen (secondary N) is 2. The van der Waals surface area contributed by atoms with Crippen LogP contribution in [0.1, 0.15) is 58.6 Å². The van der Waals surface area contributed by atoms with Crippen molar-refractivity contribution in [3.8, 4) is 11.1 Å².